The van der Waals surface area contributed by atoms with Crippen LogP contribution >= 0.6 is 0 Å². The van der Waals surface area contributed by atoms with Crippen molar-refractivity contribution in [2.75, 3.05) is 0 Å². The van der Waals surface area contributed by atoms with Crippen LogP contribution in [0.2, 0.25) is 0 Å². The van der Waals surface area contributed by atoms with Crippen molar-refractivity contribution in [3.63, 3.8) is 0 Å². The van der Waals surface area contributed by atoms with E-state index in [-0.39, 0.29) is 0 Å². The zero-order valence-electron chi connectivity index (χ0n) is 18.5. The van der Waals surface area contributed by atoms with Gasteiger partial charge in [0.2, 0.25) is 0 Å². The van der Waals surface area contributed by atoms with E-state index in [4.69, 9.17) is 0 Å². The van der Waals surface area contributed by atoms with Crippen LogP contribution in [0.25, 0.3) is 22.3 Å². The molecule has 2 aliphatic carbocycles. The van der Waals surface area contributed by atoms with Gasteiger partial charge in [0, 0.05) is 0 Å². The molecule has 0 nitrogen and oxygen atoms in total. The molecule has 0 aliphatic heterocycles. The summed E-state index contributed by atoms with van der Waals surface area (Å²) < 4.78 is 0. The second-order valence-corrected chi connectivity index (χ2v) is 9.39. The average molecular weight is 401 g/mol. The number of rotatable bonds is 4. The van der Waals surface area contributed by atoms with E-state index in [1.165, 1.54) is 73.2 Å². The smallest absolute Gasteiger partial charge is 0.00134 e. The van der Waals surface area contributed by atoms with Gasteiger partial charge in [-0.25, -0.2) is 0 Å². The van der Waals surface area contributed by atoms with Gasteiger partial charge in [-0.1, -0.05) is 72.8 Å². The molecule has 0 bridgehead atoms. The summed E-state index contributed by atoms with van der Waals surface area (Å²) in [5.74, 6) is 0. The zero-order chi connectivity index (χ0) is 20.9. The molecule has 0 atom stereocenters. The average Bonchev–Trinajstić information content (AvgIpc) is 3.31. The molecule has 0 saturated carbocycles. The zero-order valence-corrected chi connectivity index (χ0v) is 18.5. The molecule has 0 N–H and O–H groups in total. The van der Waals surface area contributed by atoms with Crippen LogP contribution in [-0.2, 0) is 25.7 Å². The Bertz CT molecular complexity index is 1220. The van der Waals surface area contributed by atoms with Crippen LogP contribution in [0, 0.1) is 13.8 Å². The van der Waals surface area contributed by atoms with E-state index in [1.807, 2.05) is 0 Å². The summed E-state index contributed by atoms with van der Waals surface area (Å²) in [4.78, 5) is 0. The predicted octanol–water partition coefficient (Wildman–Crippen LogP) is 7.62. The fourth-order valence-electron chi connectivity index (χ4n) is 5.71. The molecule has 0 heterocycles. The van der Waals surface area contributed by atoms with Crippen molar-refractivity contribution >= 4 is 0 Å². The lowest BCUT2D eigenvalue weighted by atomic mass is 9.92. The van der Waals surface area contributed by atoms with Crippen molar-refractivity contribution in [1.29, 1.82) is 0 Å². The van der Waals surface area contributed by atoms with Crippen LogP contribution in [0.5, 0.6) is 0 Å². The Hall–Kier alpha value is -3.12. The molecule has 31 heavy (non-hydrogen) atoms. The van der Waals surface area contributed by atoms with Gasteiger partial charge < -0.3 is 0 Å². The lowest BCUT2D eigenvalue weighted by molar-refractivity contribution is 0.811. The second-order valence-electron chi connectivity index (χ2n) is 9.39. The summed E-state index contributed by atoms with van der Waals surface area (Å²) in [5, 5.41) is 0. The molecule has 4 aromatic rings. The van der Waals surface area contributed by atoms with Crippen LogP contribution in [0.15, 0.2) is 72.8 Å². The second kappa shape index (κ2) is 7.24. The number of hydrogen-bond donors (Lipinski definition) is 0. The van der Waals surface area contributed by atoms with Crippen molar-refractivity contribution in [2.24, 2.45) is 0 Å². The standard InChI is InChI=1S/C31H28/c1-20-14-26-16-24-8-3-5-12-28(24)30(26)18-22(20)10-7-11-23-19-31-27(15-21(23)2)17-25-9-4-6-13-29(25)31/h3-6,8-9,12-15,18-19H,7,10-11,16-17H2,1-2H3. The fourth-order valence-corrected chi connectivity index (χ4v) is 5.71. The molecule has 0 saturated heterocycles. The maximum absolute atomic E-state index is 2.47. The van der Waals surface area contributed by atoms with E-state index in [1.54, 1.807) is 0 Å². The Morgan fingerprint density at radius 3 is 1.45 bits per heavy atom. The number of hydrogen-bond acceptors (Lipinski definition) is 0. The van der Waals surface area contributed by atoms with E-state index < -0.39 is 0 Å². The van der Waals surface area contributed by atoms with Gasteiger partial charge in [-0.05, 0) is 113 Å². The molecule has 4 aromatic carbocycles. The van der Waals surface area contributed by atoms with Crippen LogP contribution in [0.1, 0.15) is 50.9 Å². The summed E-state index contributed by atoms with van der Waals surface area (Å²) in [7, 11) is 0. The van der Waals surface area contributed by atoms with Crippen molar-refractivity contribution < 1.29 is 0 Å². The van der Waals surface area contributed by atoms with Gasteiger partial charge in [0.25, 0.3) is 0 Å². The molecule has 0 radical (unpaired) electrons. The Morgan fingerprint density at radius 1 is 0.516 bits per heavy atom. The molecule has 0 spiro atoms. The highest BCUT2D eigenvalue weighted by Crippen LogP contribution is 2.39. The van der Waals surface area contributed by atoms with E-state index in [0.29, 0.717) is 0 Å². The normalized spacial score (nSPS) is 13.0. The van der Waals surface area contributed by atoms with Crippen LogP contribution in [-0.4, -0.2) is 0 Å². The molecule has 2 aliphatic rings. The molecule has 0 amide bonds. The predicted molar refractivity (Wildman–Crippen MR) is 131 cm³/mol. The van der Waals surface area contributed by atoms with Crippen LogP contribution in [0.3, 0.4) is 0 Å². The highest BCUT2D eigenvalue weighted by Gasteiger charge is 2.20. The van der Waals surface area contributed by atoms with Crippen molar-refractivity contribution in [2.45, 2.75) is 46.0 Å². The van der Waals surface area contributed by atoms with Gasteiger partial charge in [0.05, 0.1) is 0 Å². The Labute approximate surface area is 185 Å². The summed E-state index contributed by atoms with van der Waals surface area (Å²) in [6.45, 7) is 4.58. The number of aryl methyl sites for hydroxylation is 4. The fraction of sp³-hybridized carbons (Fsp3) is 0.226. The molecule has 6 rings (SSSR count). The maximum Gasteiger partial charge on any atom is -0.00134 e. The first-order valence-corrected chi connectivity index (χ1v) is 11.6. The van der Waals surface area contributed by atoms with Gasteiger partial charge in [-0.3, -0.25) is 0 Å². The highest BCUT2D eigenvalue weighted by atomic mass is 14.2. The molecular weight excluding hydrogens is 372 g/mol. The summed E-state index contributed by atoms with van der Waals surface area (Å²) in [6.07, 6.45) is 5.66. The summed E-state index contributed by atoms with van der Waals surface area (Å²) >= 11 is 0. The van der Waals surface area contributed by atoms with E-state index >= 15 is 0 Å². The maximum atomic E-state index is 2.47. The molecule has 0 heteroatoms. The highest BCUT2D eigenvalue weighted by molar-refractivity contribution is 5.78. The van der Waals surface area contributed by atoms with E-state index in [9.17, 15) is 0 Å². The molecular formula is C31H28. The Morgan fingerprint density at radius 2 is 0.968 bits per heavy atom. The first kappa shape index (κ1) is 18.6. The topological polar surface area (TPSA) is 0 Å². The molecule has 152 valence electrons. The lowest BCUT2D eigenvalue weighted by Crippen LogP contribution is -1.97. The van der Waals surface area contributed by atoms with Gasteiger partial charge in [0.15, 0.2) is 0 Å². The minimum absolute atomic E-state index is 1.09. The molecule has 0 unspecified atom stereocenters. The third kappa shape index (κ3) is 3.13. The summed E-state index contributed by atoms with van der Waals surface area (Å²) in [5.41, 5.74) is 17.7. The van der Waals surface area contributed by atoms with Gasteiger partial charge >= 0.3 is 0 Å². The first-order chi connectivity index (χ1) is 15.2. The number of benzene rings is 4. The molecule has 0 fully saturated rings. The number of fused-ring (bicyclic) bond motifs is 6. The van der Waals surface area contributed by atoms with E-state index in [0.717, 1.165) is 25.7 Å². The van der Waals surface area contributed by atoms with Crippen molar-refractivity contribution in [3.05, 3.63) is 117 Å². The first-order valence-electron chi connectivity index (χ1n) is 11.6. The van der Waals surface area contributed by atoms with Crippen LogP contribution in [0.4, 0.5) is 0 Å². The lowest BCUT2D eigenvalue weighted by Gasteiger charge is -2.12. The SMILES string of the molecule is Cc1cc2c(cc1CCCc1cc3c(cc1C)Cc1ccccc1-3)-c1ccccc1C2. The molecule has 0 aromatic heterocycles. The monoisotopic (exact) mass is 400 g/mol. The van der Waals surface area contributed by atoms with Gasteiger partial charge in [0.1, 0.15) is 0 Å². The quantitative estimate of drug-likeness (QED) is 0.285. The summed E-state index contributed by atoms with van der Waals surface area (Å²) in [6, 6.07) is 27.6. The van der Waals surface area contributed by atoms with Gasteiger partial charge in [-0.15, -0.1) is 0 Å². The van der Waals surface area contributed by atoms with Crippen molar-refractivity contribution in [1.82, 2.24) is 0 Å². The third-order valence-corrected chi connectivity index (χ3v) is 7.39. The Balaban J connectivity index is 1.23. The third-order valence-electron chi connectivity index (χ3n) is 7.39. The van der Waals surface area contributed by atoms with Crippen LogP contribution < -0.4 is 0 Å². The largest absolute Gasteiger partial charge is 0.0619 e. The minimum Gasteiger partial charge on any atom is -0.0619 e. The minimum atomic E-state index is 1.09. The van der Waals surface area contributed by atoms with E-state index in [2.05, 4.69) is 86.6 Å². The van der Waals surface area contributed by atoms with Crippen molar-refractivity contribution in [3.8, 4) is 22.3 Å². The Kier molecular flexibility index (Phi) is 4.35. The van der Waals surface area contributed by atoms with Gasteiger partial charge in [-0.2, -0.15) is 0 Å².